The summed E-state index contributed by atoms with van der Waals surface area (Å²) in [6.45, 7) is 1.93. The fraction of sp³-hybridized carbons (Fsp3) is 0.294. The first-order valence-electron chi connectivity index (χ1n) is 6.88. The third kappa shape index (κ3) is 4.60. The Hall–Kier alpha value is -1.81. The van der Waals surface area contributed by atoms with Crippen LogP contribution in [0.25, 0.3) is 0 Å². The summed E-state index contributed by atoms with van der Waals surface area (Å²) in [6, 6.07) is 16.8. The Balaban J connectivity index is 2.05. The second-order valence-electron chi connectivity index (χ2n) is 5.21. The summed E-state index contributed by atoms with van der Waals surface area (Å²) in [5.41, 5.74) is 1.84. The Morgan fingerprint density at radius 2 is 1.62 bits per heavy atom. The van der Waals surface area contributed by atoms with Gasteiger partial charge in [-0.05, 0) is 29.2 Å². The second-order valence-corrected chi connectivity index (χ2v) is 7.32. The highest BCUT2D eigenvalue weighted by atomic mass is 32.2. The molecule has 0 aliphatic carbocycles. The summed E-state index contributed by atoms with van der Waals surface area (Å²) in [6.07, 6.45) is 0. The molecule has 0 N–H and O–H groups in total. The highest BCUT2D eigenvalue weighted by Crippen LogP contribution is 2.21. The van der Waals surface area contributed by atoms with Gasteiger partial charge in [0.15, 0.2) is 9.84 Å². The lowest BCUT2D eigenvalue weighted by molar-refractivity contribution is 0.414. The Bertz CT molecular complexity index is 661. The first-order valence-corrected chi connectivity index (χ1v) is 8.70. The first-order chi connectivity index (χ1) is 10.00. The smallest absolute Gasteiger partial charge is 0.155 e. The maximum atomic E-state index is 12.3. The number of methoxy groups -OCH3 is 1. The molecule has 0 amide bonds. The van der Waals surface area contributed by atoms with Gasteiger partial charge in [-0.15, -0.1) is 0 Å². The lowest BCUT2D eigenvalue weighted by Gasteiger charge is -2.13. The van der Waals surface area contributed by atoms with Crippen LogP contribution in [0.2, 0.25) is 0 Å². The quantitative estimate of drug-likeness (QED) is 0.821. The molecule has 0 saturated heterocycles. The van der Waals surface area contributed by atoms with E-state index < -0.39 is 9.84 Å². The van der Waals surface area contributed by atoms with Crippen molar-refractivity contribution in [1.29, 1.82) is 0 Å². The molecule has 3 nitrogen and oxygen atoms in total. The molecular formula is C17H20O3S. The summed E-state index contributed by atoms with van der Waals surface area (Å²) >= 11 is 0. The van der Waals surface area contributed by atoms with Crippen LogP contribution < -0.4 is 4.74 Å². The number of sulfone groups is 1. The van der Waals surface area contributed by atoms with Crippen LogP contribution in [-0.4, -0.2) is 21.3 Å². The number of ether oxygens (including phenoxy) is 1. The molecule has 0 saturated carbocycles. The van der Waals surface area contributed by atoms with E-state index >= 15 is 0 Å². The van der Waals surface area contributed by atoms with Crippen molar-refractivity contribution in [2.75, 3.05) is 12.9 Å². The van der Waals surface area contributed by atoms with Gasteiger partial charge in [0.05, 0.1) is 18.6 Å². The summed E-state index contributed by atoms with van der Waals surface area (Å²) in [7, 11) is -1.52. The standard InChI is InChI=1S/C17H20O3S/c1-14(16-8-10-17(20-2)11-9-16)12-21(18,19)13-15-6-4-3-5-7-15/h3-11,14H,12-13H2,1-2H3/t14-/m0/s1. The molecule has 0 heterocycles. The maximum Gasteiger partial charge on any atom is 0.155 e. The molecule has 0 radical (unpaired) electrons. The first kappa shape index (κ1) is 15.6. The summed E-state index contributed by atoms with van der Waals surface area (Å²) in [4.78, 5) is 0. The molecule has 0 bridgehead atoms. The minimum Gasteiger partial charge on any atom is -0.497 e. The van der Waals surface area contributed by atoms with Crippen molar-refractivity contribution < 1.29 is 13.2 Å². The number of rotatable bonds is 6. The van der Waals surface area contributed by atoms with Crippen molar-refractivity contribution in [3.63, 3.8) is 0 Å². The summed E-state index contributed by atoms with van der Waals surface area (Å²) in [5, 5.41) is 0. The van der Waals surface area contributed by atoms with E-state index in [2.05, 4.69) is 0 Å². The third-order valence-electron chi connectivity index (χ3n) is 3.42. The molecule has 0 fully saturated rings. The number of hydrogen-bond donors (Lipinski definition) is 0. The van der Waals surface area contributed by atoms with E-state index in [-0.39, 0.29) is 17.4 Å². The molecule has 4 heteroatoms. The van der Waals surface area contributed by atoms with E-state index in [1.807, 2.05) is 61.5 Å². The molecular weight excluding hydrogens is 284 g/mol. The summed E-state index contributed by atoms with van der Waals surface area (Å²) in [5.74, 6) is 0.977. The topological polar surface area (TPSA) is 43.4 Å². The third-order valence-corrected chi connectivity index (χ3v) is 5.20. The van der Waals surface area contributed by atoms with Gasteiger partial charge in [0.2, 0.25) is 0 Å². The van der Waals surface area contributed by atoms with Crippen molar-refractivity contribution >= 4 is 9.84 Å². The lowest BCUT2D eigenvalue weighted by atomic mass is 10.0. The minimum atomic E-state index is -3.13. The van der Waals surface area contributed by atoms with Gasteiger partial charge in [0.1, 0.15) is 5.75 Å². The zero-order chi connectivity index (χ0) is 15.3. The highest BCUT2D eigenvalue weighted by Gasteiger charge is 2.18. The average Bonchev–Trinajstić information content (AvgIpc) is 2.47. The van der Waals surface area contributed by atoms with Gasteiger partial charge in [-0.2, -0.15) is 0 Å². The number of benzene rings is 2. The molecule has 21 heavy (non-hydrogen) atoms. The normalized spacial score (nSPS) is 12.9. The SMILES string of the molecule is COc1ccc([C@@H](C)CS(=O)(=O)Cc2ccccc2)cc1. The molecule has 0 unspecified atom stereocenters. The van der Waals surface area contributed by atoms with Gasteiger partial charge in [0, 0.05) is 0 Å². The molecule has 2 rings (SSSR count). The van der Waals surface area contributed by atoms with Gasteiger partial charge in [0.25, 0.3) is 0 Å². The zero-order valence-corrected chi connectivity index (χ0v) is 13.1. The van der Waals surface area contributed by atoms with Crippen LogP contribution >= 0.6 is 0 Å². The van der Waals surface area contributed by atoms with E-state index in [4.69, 9.17) is 4.74 Å². The van der Waals surface area contributed by atoms with Gasteiger partial charge in [-0.3, -0.25) is 0 Å². The predicted octanol–water partition coefficient (Wildman–Crippen LogP) is 3.41. The molecule has 2 aromatic carbocycles. The van der Waals surface area contributed by atoms with Crippen LogP contribution in [0.5, 0.6) is 5.75 Å². The van der Waals surface area contributed by atoms with Gasteiger partial charge < -0.3 is 4.74 Å². The molecule has 1 atom stereocenters. The van der Waals surface area contributed by atoms with Gasteiger partial charge in [-0.1, -0.05) is 49.4 Å². The minimum absolute atomic E-state index is 0.0374. The van der Waals surface area contributed by atoms with Crippen molar-refractivity contribution in [2.24, 2.45) is 0 Å². The van der Waals surface area contributed by atoms with Crippen molar-refractivity contribution in [3.05, 3.63) is 65.7 Å². The molecule has 2 aromatic rings. The Morgan fingerprint density at radius 1 is 1.00 bits per heavy atom. The Morgan fingerprint density at radius 3 is 2.19 bits per heavy atom. The maximum absolute atomic E-state index is 12.3. The molecule has 112 valence electrons. The largest absolute Gasteiger partial charge is 0.497 e. The van der Waals surface area contributed by atoms with E-state index in [9.17, 15) is 8.42 Å². The fourth-order valence-electron chi connectivity index (χ4n) is 2.30. The number of hydrogen-bond acceptors (Lipinski definition) is 3. The molecule has 0 aliphatic rings. The molecule has 0 aromatic heterocycles. The fourth-order valence-corrected chi connectivity index (χ4v) is 4.07. The molecule has 0 aliphatic heterocycles. The van der Waals surface area contributed by atoms with E-state index in [0.29, 0.717) is 0 Å². The van der Waals surface area contributed by atoms with Crippen molar-refractivity contribution in [1.82, 2.24) is 0 Å². The predicted molar refractivity (Wildman–Crippen MR) is 85.3 cm³/mol. The Labute approximate surface area is 126 Å². The molecule has 0 spiro atoms. The van der Waals surface area contributed by atoms with Crippen LogP contribution in [0, 0.1) is 0 Å². The van der Waals surface area contributed by atoms with Gasteiger partial charge >= 0.3 is 0 Å². The Kier molecular flexibility index (Phi) is 5.02. The second kappa shape index (κ2) is 6.76. The van der Waals surface area contributed by atoms with Crippen LogP contribution in [0.4, 0.5) is 0 Å². The van der Waals surface area contributed by atoms with E-state index in [1.54, 1.807) is 7.11 Å². The van der Waals surface area contributed by atoms with E-state index in [1.165, 1.54) is 0 Å². The lowest BCUT2D eigenvalue weighted by Crippen LogP contribution is -2.14. The van der Waals surface area contributed by atoms with Crippen molar-refractivity contribution in [2.45, 2.75) is 18.6 Å². The van der Waals surface area contributed by atoms with Gasteiger partial charge in [-0.25, -0.2) is 8.42 Å². The van der Waals surface area contributed by atoms with E-state index in [0.717, 1.165) is 16.9 Å². The van der Waals surface area contributed by atoms with Crippen molar-refractivity contribution in [3.8, 4) is 5.75 Å². The zero-order valence-electron chi connectivity index (χ0n) is 12.3. The monoisotopic (exact) mass is 304 g/mol. The van der Waals surface area contributed by atoms with Crippen LogP contribution in [0.3, 0.4) is 0 Å². The van der Waals surface area contributed by atoms with Crippen LogP contribution in [0.1, 0.15) is 24.0 Å². The van der Waals surface area contributed by atoms with Crippen LogP contribution in [-0.2, 0) is 15.6 Å². The highest BCUT2D eigenvalue weighted by molar-refractivity contribution is 7.90. The summed E-state index contributed by atoms with van der Waals surface area (Å²) < 4.78 is 29.7. The average molecular weight is 304 g/mol. The van der Waals surface area contributed by atoms with Crippen LogP contribution in [0.15, 0.2) is 54.6 Å².